The maximum Gasteiger partial charge on any atom is 0.313 e. The van der Waals surface area contributed by atoms with Crippen molar-refractivity contribution in [2.45, 2.75) is 25.5 Å². The van der Waals surface area contributed by atoms with Gasteiger partial charge in [-0.05, 0) is 23.6 Å². The highest BCUT2D eigenvalue weighted by molar-refractivity contribution is 7.99. The van der Waals surface area contributed by atoms with Gasteiger partial charge < -0.3 is 14.1 Å². The summed E-state index contributed by atoms with van der Waals surface area (Å²) in [5.74, 6) is -0.00282. The normalized spacial score (nSPS) is 11.2. The van der Waals surface area contributed by atoms with Gasteiger partial charge in [0, 0.05) is 6.54 Å². The molecular weight excluding hydrogens is 302 g/mol. The van der Waals surface area contributed by atoms with E-state index in [1.54, 1.807) is 6.07 Å². The lowest BCUT2D eigenvalue weighted by Crippen LogP contribution is -2.09. The van der Waals surface area contributed by atoms with Crippen LogP contribution in [0.15, 0.2) is 21.9 Å². The molecule has 0 aliphatic rings. The first kappa shape index (κ1) is 14.9. The Balaban J connectivity index is 2.37. The Hall–Kier alpha value is -1.47. The van der Waals surface area contributed by atoms with Gasteiger partial charge in [-0.25, -0.2) is 0 Å². The third-order valence-corrected chi connectivity index (χ3v) is 3.69. The first-order valence-corrected chi connectivity index (χ1v) is 7.36. The molecular formula is C12H14ClN3O3S. The molecule has 0 aromatic carbocycles. The molecule has 0 radical (unpaired) electrons. The van der Waals surface area contributed by atoms with Crippen LogP contribution in [0, 0.1) is 5.92 Å². The quantitative estimate of drug-likeness (QED) is 0.825. The molecule has 2 aromatic heterocycles. The lowest BCUT2D eigenvalue weighted by Gasteiger charge is -2.11. The number of carboxylic acid groups (broad SMARTS) is 1. The van der Waals surface area contributed by atoms with Crippen LogP contribution in [0.1, 0.15) is 13.8 Å². The highest BCUT2D eigenvalue weighted by Gasteiger charge is 2.19. The first-order chi connectivity index (χ1) is 9.49. The lowest BCUT2D eigenvalue weighted by atomic mass is 10.2. The van der Waals surface area contributed by atoms with Crippen LogP contribution in [0.4, 0.5) is 0 Å². The topological polar surface area (TPSA) is 81.2 Å². The Bertz CT molecular complexity index is 609. The minimum absolute atomic E-state index is 0.0602. The number of hydrogen-bond acceptors (Lipinski definition) is 5. The molecule has 0 spiro atoms. The molecule has 0 fully saturated rings. The fraction of sp³-hybridized carbons (Fsp3) is 0.417. The van der Waals surface area contributed by atoms with Crippen molar-refractivity contribution in [3.63, 3.8) is 0 Å². The zero-order valence-electron chi connectivity index (χ0n) is 11.0. The zero-order chi connectivity index (χ0) is 14.7. The van der Waals surface area contributed by atoms with Gasteiger partial charge in [0.05, 0.1) is 17.6 Å². The van der Waals surface area contributed by atoms with Gasteiger partial charge in [-0.15, -0.1) is 10.2 Å². The smallest absolute Gasteiger partial charge is 0.313 e. The standard InChI is InChI=1S/C12H14ClN3O3S/c1-7(2)5-16-11(8-3-4-19-10(8)13)14-15-12(16)20-6-9(17)18/h3-4,7H,5-6H2,1-2H3,(H,17,18). The van der Waals surface area contributed by atoms with Gasteiger partial charge in [0.25, 0.3) is 0 Å². The number of furan rings is 1. The van der Waals surface area contributed by atoms with Gasteiger partial charge >= 0.3 is 5.97 Å². The molecule has 2 heterocycles. The number of halogens is 1. The predicted molar refractivity (Wildman–Crippen MR) is 75.9 cm³/mol. The van der Waals surface area contributed by atoms with Crippen LogP contribution in [-0.2, 0) is 11.3 Å². The van der Waals surface area contributed by atoms with Crippen LogP contribution in [0.25, 0.3) is 11.4 Å². The summed E-state index contributed by atoms with van der Waals surface area (Å²) >= 11 is 7.11. The maximum absolute atomic E-state index is 10.7. The molecule has 108 valence electrons. The molecule has 2 rings (SSSR count). The zero-order valence-corrected chi connectivity index (χ0v) is 12.6. The minimum atomic E-state index is -0.892. The van der Waals surface area contributed by atoms with Crippen LogP contribution >= 0.6 is 23.4 Å². The minimum Gasteiger partial charge on any atom is -0.481 e. The maximum atomic E-state index is 10.7. The van der Waals surface area contributed by atoms with E-state index in [2.05, 4.69) is 24.0 Å². The average Bonchev–Trinajstić information content (AvgIpc) is 2.92. The van der Waals surface area contributed by atoms with Crippen LogP contribution in [0.3, 0.4) is 0 Å². The van der Waals surface area contributed by atoms with Crippen molar-refractivity contribution in [2.24, 2.45) is 5.92 Å². The molecule has 0 saturated carbocycles. The fourth-order valence-corrected chi connectivity index (χ4v) is 2.57. The number of thioether (sulfide) groups is 1. The van der Waals surface area contributed by atoms with Crippen LogP contribution in [0.2, 0.25) is 5.22 Å². The van der Waals surface area contributed by atoms with Gasteiger partial charge in [-0.1, -0.05) is 25.6 Å². The molecule has 8 heteroatoms. The molecule has 0 bridgehead atoms. The summed E-state index contributed by atoms with van der Waals surface area (Å²) in [7, 11) is 0. The number of aliphatic carboxylic acids is 1. The highest BCUT2D eigenvalue weighted by atomic mass is 35.5. The molecule has 20 heavy (non-hydrogen) atoms. The van der Waals surface area contributed by atoms with Crippen LogP contribution in [0.5, 0.6) is 0 Å². The van der Waals surface area contributed by atoms with Crippen molar-refractivity contribution in [3.8, 4) is 11.4 Å². The molecule has 1 N–H and O–H groups in total. The van der Waals surface area contributed by atoms with E-state index in [1.807, 2.05) is 4.57 Å². The van der Waals surface area contributed by atoms with E-state index in [4.69, 9.17) is 21.1 Å². The predicted octanol–water partition coefficient (Wildman–Crippen LogP) is 3.02. The third-order valence-electron chi connectivity index (χ3n) is 2.45. The summed E-state index contributed by atoms with van der Waals surface area (Å²) in [6.07, 6.45) is 1.48. The van der Waals surface area contributed by atoms with E-state index in [1.165, 1.54) is 6.26 Å². The van der Waals surface area contributed by atoms with Gasteiger partial charge in [-0.2, -0.15) is 0 Å². The number of aromatic nitrogens is 3. The molecule has 0 saturated heterocycles. The van der Waals surface area contributed by atoms with Gasteiger partial charge in [0.2, 0.25) is 5.22 Å². The number of carboxylic acids is 1. The Labute approximate surface area is 125 Å². The third kappa shape index (κ3) is 3.34. The Morgan fingerprint density at radius 3 is 2.85 bits per heavy atom. The Morgan fingerprint density at radius 2 is 2.30 bits per heavy atom. The molecule has 2 aromatic rings. The summed E-state index contributed by atoms with van der Waals surface area (Å²) in [6.45, 7) is 4.80. The van der Waals surface area contributed by atoms with Gasteiger partial charge in [0.1, 0.15) is 0 Å². The number of carbonyl (C=O) groups is 1. The summed E-state index contributed by atoms with van der Waals surface area (Å²) in [6, 6.07) is 1.72. The molecule has 6 nitrogen and oxygen atoms in total. The van der Waals surface area contributed by atoms with Crippen molar-refractivity contribution >= 4 is 29.3 Å². The van der Waals surface area contributed by atoms with Crippen molar-refractivity contribution < 1.29 is 14.3 Å². The summed E-state index contributed by atoms with van der Waals surface area (Å²) in [5.41, 5.74) is 0.655. The Kier molecular flexibility index (Phi) is 4.72. The van der Waals surface area contributed by atoms with Crippen LogP contribution < -0.4 is 0 Å². The van der Waals surface area contributed by atoms with E-state index < -0.39 is 5.97 Å². The molecule has 0 aliphatic carbocycles. The molecule has 0 amide bonds. The van der Waals surface area contributed by atoms with Crippen molar-refractivity contribution in [1.29, 1.82) is 0 Å². The molecule has 0 unspecified atom stereocenters. The van der Waals surface area contributed by atoms with E-state index in [-0.39, 0.29) is 11.0 Å². The SMILES string of the molecule is CC(C)Cn1c(SCC(=O)O)nnc1-c1ccoc1Cl. The molecule has 0 atom stereocenters. The lowest BCUT2D eigenvalue weighted by molar-refractivity contribution is -0.133. The second-order valence-corrected chi connectivity index (χ2v) is 5.89. The van der Waals surface area contributed by atoms with Crippen molar-refractivity contribution in [2.75, 3.05) is 5.75 Å². The fourth-order valence-electron chi connectivity index (χ4n) is 1.70. The monoisotopic (exact) mass is 315 g/mol. The summed E-state index contributed by atoms with van der Waals surface area (Å²) in [5, 5.41) is 17.7. The van der Waals surface area contributed by atoms with Crippen molar-refractivity contribution in [3.05, 3.63) is 17.5 Å². The second kappa shape index (κ2) is 6.32. The van der Waals surface area contributed by atoms with E-state index in [0.29, 0.717) is 29.0 Å². The van der Waals surface area contributed by atoms with Gasteiger partial charge in [0.15, 0.2) is 11.0 Å². The van der Waals surface area contributed by atoms with E-state index >= 15 is 0 Å². The first-order valence-electron chi connectivity index (χ1n) is 6.00. The van der Waals surface area contributed by atoms with Crippen molar-refractivity contribution in [1.82, 2.24) is 14.8 Å². The largest absolute Gasteiger partial charge is 0.481 e. The average molecular weight is 316 g/mol. The number of hydrogen-bond donors (Lipinski definition) is 1. The van der Waals surface area contributed by atoms with Gasteiger partial charge in [-0.3, -0.25) is 4.79 Å². The number of rotatable bonds is 6. The Morgan fingerprint density at radius 1 is 1.55 bits per heavy atom. The molecule has 0 aliphatic heterocycles. The number of nitrogens with zero attached hydrogens (tertiary/aromatic N) is 3. The summed E-state index contributed by atoms with van der Waals surface area (Å²) in [4.78, 5) is 10.7. The van der Waals surface area contributed by atoms with E-state index in [0.717, 1.165) is 11.8 Å². The second-order valence-electron chi connectivity index (χ2n) is 4.60. The summed E-state index contributed by atoms with van der Waals surface area (Å²) < 4.78 is 6.94. The highest BCUT2D eigenvalue weighted by Crippen LogP contribution is 2.30. The van der Waals surface area contributed by atoms with E-state index in [9.17, 15) is 4.79 Å². The van der Waals surface area contributed by atoms with Crippen LogP contribution in [-0.4, -0.2) is 31.6 Å².